The summed E-state index contributed by atoms with van der Waals surface area (Å²) < 4.78 is 68.1. The van der Waals surface area contributed by atoms with Gasteiger partial charge in [0.05, 0.1) is 32.8 Å². The molecule has 0 rings (SSSR count). The maximum Gasteiger partial charge on any atom is 0.472 e. The number of carbonyl (C=O) groups excluding carboxylic acids is 4. The maximum atomic E-state index is 13.0. The predicted molar refractivity (Wildman–Crippen MR) is 399 cm³/mol. The Kier molecular flexibility index (Phi) is 66.3. The summed E-state index contributed by atoms with van der Waals surface area (Å²) in [5.41, 5.74) is 0. The first-order valence-corrected chi connectivity index (χ1v) is 39.7. The SMILES string of the molecule is CC/C=C\C/C=C\C/C=C\C/C=C\C/C=C\C/C=C\CCC(=O)OCC(COP(=O)(O)OCC(O)COP(=O)(O)OCC(COC(=O)C/C=C\C/C=C\C/C=C\C/C=C\C/C=C\CC)OC(=O)CCCCCCC/C=C\C/C=C\CCC)OC(=O)CCCCCCCCCCCCC. The van der Waals surface area contributed by atoms with Gasteiger partial charge in [-0.15, -0.1) is 0 Å². The van der Waals surface area contributed by atoms with Crippen molar-refractivity contribution < 1.29 is 80.2 Å². The summed E-state index contributed by atoms with van der Waals surface area (Å²) in [5.74, 6) is -2.45. The van der Waals surface area contributed by atoms with Crippen LogP contribution in [0.2, 0.25) is 0 Å². The largest absolute Gasteiger partial charge is 0.472 e. The molecule has 0 amide bonds. The molecule has 0 saturated heterocycles. The normalized spacial score (nSPS) is 14.9. The molecule has 5 atom stereocenters. The van der Waals surface area contributed by atoms with E-state index in [9.17, 15) is 43.2 Å². The second-order valence-corrected chi connectivity index (χ2v) is 26.7. The Morgan fingerprint density at radius 3 is 0.990 bits per heavy atom. The van der Waals surface area contributed by atoms with Crippen molar-refractivity contribution in [2.75, 3.05) is 39.6 Å². The summed E-state index contributed by atoms with van der Waals surface area (Å²) in [5, 5.41) is 10.6. The zero-order valence-electron chi connectivity index (χ0n) is 60.4. The highest BCUT2D eigenvalue weighted by molar-refractivity contribution is 7.47. The van der Waals surface area contributed by atoms with Gasteiger partial charge in [0.25, 0.3) is 0 Å². The molecule has 19 heteroatoms. The first-order valence-electron chi connectivity index (χ1n) is 36.7. The van der Waals surface area contributed by atoms with Crippen LogP contribution in [0.3, 0.4) is 0 Å². The van der Waals surface area contributed by atoms with Gasteiger partial charge in [0, 0.05) is 19.3 Å². The van der Waals surface area contributed by atoms with Gasteiger partial charge >= 0.3 is 39.5 Å². The number of allylic oxidation sites excluding steroid dienone is 25. The number of esters is 4. The van der Waals surface area contributed by atoms with Gasteiger partial charge in [0.1, 0.15) is 19.3 Å². The Labute approximate surface area is 591 Å². The van der Waals surface area contributed by atoms with E-state index in [4.69, 9.17) is 37.0 Å². The Balaban J connectivity index is 5.46. The molecule has 0 spiro atoms. The molecule has 3 N–H and O–H groups in total. The minimum Gasteiger partial charge on any atom is -0.462 e. The second-order valence-electron chi connectivity index (χ2n) is 23.8. The average Bonchev–Trinajstić information content (AvgIpc) is 1.00. The van der Waals surface area contributed by atoms with E-state index in [-0.39, 0.29) is 25.7 Å². The van der Waals surface area contributed by atoms with Crippen molar-refractivity contribution in [2.24, 2.45) is 0 Å². The van der Waals surface area contributed by atoms with Crippen LogP contribution >= 0.6 is 15.6 Å². The molecule has 0 aromatic heterocycles. The van der Waals surface area contributed by atoms with E-state index < -0.39 is 97.5 Å². The lowest BCUT2D eigenvalue weighted by Gasteiger charge is -2.21. The molecule has 0 aliphatic rings. The highest BCUT2D eigenvalue weighted by atomic mass is 31.2. The standard InChI is InChI=1S/C79H128O17P2/c1-5-9-13-17-21-25-29-32-34-35-36-37-39-42-45-48-52-56-60-64-77(82)89-69-74(95-78(83)65-61-57-53-49-43-28-24-20-16-12-8-4)71-93-97(85,86)91-67-73(80)68-92-98(87,88)94-72-75(96-79(84)66-62-58-54-50-46-40-31-27-23-19-15-11-7-3)70-90-76(81)63-59-55-51-47-44-41-38-33-30-26-22-18-14-10-6-2/h9-10,13-15,19,21-22,25-27,31-34,36-38,42,44-45,47,52,55-56,59,73-75,80H,5-8,11-12,16-18,20,23-24,28-30,35,39-41,43,46,48-51,53-54,57-58,60-72H2,1-4H3,(H,85,86)(H,87,88)/b13-9-,14-10-,19-15-,25-21-,26-22-,31-27-,34-32-,37-36-,38-33-,45-42-,47-44-,56-52-,59-55-. The minimum absolute atomic E-state index is 0.0311. The fourth-order valence-corrected chi connectivity index (χ4v) is 10.6. The van der Waals surface area contributed by atoms with Crippen LogP contribution < -0.4 is 0 Å². The van der Waals surface area contributed by atoms with Crippen molar-refractivity contribution in [2.45, 2.75) is 277 Å². The lowest BCUT2D eigenvalue weighted by atomic mass is 10.1. The van der Waals surface area contributed by atoms with E-state index in [1.54, 1.807) is 6.08 Å². The van der Waals surface area contributed by atoms with E-state index in [0.29, 0.717) is 32.1 Å². The van der Waals surface area contributed by atoms with Gasteiger partial charge in [-0.05, 0) is 116 Å². The molecule has 556 valence electrons. The summed E-state index contributed by atoms with van der Waals surface area (Å²) in [4.78, 5) is 72.6. The molecule has 0 aliphatic heterocycles. The third kappa shape index (κ3) is 69.2. The lowest BCUT2D eigenvalue weighted by Crippen LogP contribution is -2.30. The molecule has 98 heavy (non-hydrogen) atoms. The van der Waals surface area contributed by atoms with Crippen molar-refractivity contribution in [3.8, 4) is 0 Å². The van der Waals surface area contributed by atoms with E-state index in [0.717, 1.165) is 135 Å². The molecular weight excluding hydrogens is 1280 g/mol. The summed E-state index contributed by atoms with van der Waals surface area (Å²) in [6.45, 7) is 4.32. The second kappa shape index (κ2) is 70.1. The third-order valence-corrected chi connectivity index (χ3v) is 16.4. The van der Waals surface area contributed by atoms with Crippen LogP contribution in [0.15, 0.2) is 158 Å². The van der Waals surface area contributed by atoms with Crippen molar-refractivity contribution >= 4 is 39.5 Å². The molecule has 0 heterocycles. The Morgan fingerprint density at radius 2 is 0.612 bits per heavy atom. The van der Waals surface area contributed by atoms with Crippen LogP contribution in [0.4, 0.5) is 0 Å². The zero-order chi connectivity index (χ0) is 71.8. The summed E-state index contributed by atoms with van der Waals surface area (Å²) in [6, 6.07) is 0. The molecule has 0 bridgehead atoms. The highest BCUT2D eigenvalue weighted by Gasteiger charge is 2.30. The van der Waals surface area contributed by atoms with Crippen LogP contribution in [0, 0.1) is 0 Å². The van der Waals surface area contributed by atoms with Gasteiger partial charge in [-0.1, -0.05) is 276 Å². The molecular formula is C79H128O17P2. The minimum atomic E-state index is -5.00. The average molecular weight is 1410 g/mol. The number of hydrogen-bond acceptors (Lipinski definition) is 15. The van der Waals surface area contributed by atoms with Crippen LogP contribution in [-0.4, -0.2) is 96.7 Å². The number of aliphatic hydroxyl groups is 1. The number of unbranched alkanes of at least 4 members (excludes halogenated alkanes) is 16. The number of phosphoric acid groups is 2. The monoisotopic (exact) mass is 1410 g/mol. The van der Waals surface area contributed by atoms with E-state index in [2.05, 4.69) is 143 Å². The Hall–Kier alpha value is -5.32. The van der Waals surface area contributed by atoms with E-state index in [1.165, 1.54) is 38.5 Å². The summed E-state index contributed by atoms with van der Waals surface area (Å²) in [7, 11) is -10.00. The van der Waals surface area contributed by atoms with Crippen LogP contribution in [0.25, 0.3) is 0 Å². The number of ether oxygens (including phenoxy) is 4. The first kappa shape index (κ1) is 92.7. The fourth-order valence-electron chi connectivity index (χ4n) is 9.00. The predicted octanol–water partition coefficient (Wildman–Crippen LogP) is 20.9. The highest BCUT2D eigenvalue weighted by Crippen LogP contribution is 2.45. The van der Waals surface area contributed by atoms with Crippen LogP contribution in [0.5, 0.6) is 0 Å². The first-order chi connectivity index (χ1) is 47.7. The topological polar surface area (TPSA) is 237 Å². The summed E-state index contributed by atoms with van der Waals surface area (Å²) in [6.07, 6.45) is 80.1. The molecule has 0 radical (unpaired) electrons. The van der Waals surface area contributed by atoms with Crippen molar-refractivity contribution in [1.29, 1.82) is 0 Å². The number of carbonyl (C=O) groups is 4. The van der Waals surface area contributed by atoms with Crippen LogP contribution in [0.1, 0.15) is 259 Å². The number of hydrogen-bond donors (Lipinski definition) is 3. The van der Waals surface area contributed by atoms with E-state index >= 15 is 0 Å². The molecule has 0 aromatic carbocycles. The van der Waals surface area contributed by atoms with Crippen molar-refractivity contribution in [3.63, 3.8) is 0 Å². The lowest BCUT2D eigenvalue weighted by molar-refractivity contribution is -0.161. The van der Waals surface area contributed by atoms with Crippen LogP contribution in [-0.2, 0) is 65.4 Å². The Bertz CT molecular complexity index is 2480. The van der Waals surface area contributed by atoms with Crippen molar-refractivity contribution in [1.82, 2.24) is 0 Å². The van der Waals surface area contributed by atoms with Gasteiger partial charge in [0.2, 0.25) is 0 Å². The third-order valence-electron chi connectivity index (χ3n) is 14.5. The number of phosphoric ester groups is 2. The van der Waals surface area contributed by atoms with Gasteiger partial charge in [-0.3, -0.25) is 37.3 Å². The maximum absolute atomic E-state index is 13.0. The smallest absolute Gasteiger partial charge is 0.462 e. The van der Waals surface area contributed by atoms with Crippen molar-refractivity contribution in [3.05, 3.63) is 158 Å². The van der Waals surface area contributed by atoms with Gasteiger partial charge in [0.15, 0.2) is 12.2 Å². The number of rotatable bonds is 67. The Morgan fingerprint density at radius 1 is 0.306 bits per heavy atom. The molecule has 17 nitrogen and oxygen atoms in total. The molecule has 0 saturated carbocycles. The molecule has 0 aliphatic carbocycles. The number of aliphatic hydroxyl groups excluding tert-OH is 1. The van der Waals surface area contributed by atoms with E-state index in [1.807, 2.05) is 36.5 Å². The van der Waals surface area contributed by atoms with Gasteiger partial charge < -0.3 is 33.8 Å². The van der Waals surface area contributed by atoms with Gasteiger partial charge in [-0.25, -0.2) is 9.13 Å². The summed E-state index contributed by atoms with van der Waals surface area (Å²) >= 11 is 0. The van der Waals surface area contributed by atoms with Gasteiger partial charge in [-0.2, -0.15) is 0 Å². The molecule has 0 aromatic rings. The molecule has 5 unspecified atom stereocenters. The molecule has 0 fully saturated rings. The quantitative estimate of drug-likeness (QED) is 0.0169. The fraction of sp³-hybridized carbons (Fsp3) is 0.620. The zero-order valence-corrected chi connectivity index (χ0v) is 62.2.